The number of rotatable bonds is 6. The second kappa shape index (κ2) is 6.23. The molecule has 0 bridgehead atoms. The zero-order valence-electron chi connectivity index (χ0n) is 11.9. The van der Waals surface area contributed by atoms with Crippen LogP contribution in [0, 0.1) is 13.8 Å². The van der Waals surface area contributed by atoms with Crippen LogP contribution in [0.3, 0.4) is 0 Å². The summed E-state index contributed by atoms with van der Waals surface area (Å²) in [6.07, 6.45) is -0.479. The predicted molar refractivity (Wildman–Crippen MR) is 76.8 cm³/mol. The number of carboxylic acids is 1. The molecule has 0 fully saturated rings. The fraction of sp³-hybridized carbons (Fsp3) is 0.462. The van der Waals surface area contributed by atoms with Crippen molar-refractivity contribution >= 4 is 21.7 Å². The second-order valence-electron chi connectivity index (χ2n) is 4.72. The maximum Gasteiger partial charge on any atom is 0.337 e. The van der Waals surface area contributed by atoms with E-state index in [1.165, 1.54) is 19.2 Å². The molecule has 0 aliphatic heterocycles. The minimum atomic E-state index is -3.67. The van der Waals surface area contributed by atoms with Gasteiger partial charge in [-0.2, -0.15) is 0 Å². The summed E-state index contributed by atoms with van der Waals surface area (Å²) >= 11 is 0. The Balaban J connectivity index is 3.14. The largest absolute Gasteiger partial charge is 0.478 e. The van der Waals surface area contributed by atoms with Crippen molar-refractivity contribution in [2.24, 2.45) is 0 Å². The summed E-state index contributed by atoms with van der Waals surface area (Å²) in [6, 6.07) is 2.98. The molecule has 1 atom stereocenters. The molecule has 0 aromatic heterocycles. The van der Waals surface area contributed by atoms with E-state index in [0.717, 1.165) is 11.1 Å². The number of hydrogen-bond acceptors (Lipinski definition) is 4. The minimum Gasteiger partial charge on any atom is -0.478 e. The zero-order chi connectivity index (χ0) is 15.5. The number of hydrogen-bond donors (Lipinski definition) is 2. The molecule has 0 amide bonds. The van der Waals surface area contributed by atoms with Crippen LogP contribution in [0.1, 0.15) is 28.4 Å². The van der Waals surface area contributed by atoms with Gasteiger partial charge in [-0.05, 0) is 44.0 Å². The third-order valence-electron chi connectivity index (χ3n) is 2.99. The van der Waals surface area contributed by atoms with Gasteiger partial charge in [0.15, 0.2) is 0 Å². The van der Waals surface area contributed by atoms with Crippen molar-refractivity contribution in [3.63, 3.8) is 0 Å². The van der Waals surface area contributed by atoms with Crippen LogP contribution in [0.2, 0.25) is 0 Å². The Morgan fingerprint density at radius 3 is 2.40 bits per heavy atom. The lowest BCUT2D eigenvalue weighted by atomic mass is 10.0. The van der Waals surface area contributed by atoms with Gasteiger partial charge in [0.05, 0.1) is 23.1 Å². The molecule has 2 N–H and O–H groups in total. The number of benzene rings is 1. The van der Waals surface area contributed by atoms with Crippen molar-refractivity contribution in [2.75, 3.05) is 17.6 Å². The summed E-state index contributed by atoms with van der Waals surface area (Å²) in [7, 11) is -2.25. The number of carboxylic acid groups (broad SMARTS) is 1. The topological polar surface area (TPSA) is 92.7 Å². The van der Waals surface area contributed by atoms with Crippen LogP contribution < -0.4 is 4.72 Å². The number of anilines is 1. The Morgan fingerprint density at radius 2 is 1.90 bits per heavy atom. The summed E-state index contributed by atoms with van der Waals surface area (Å²) < 4.78 is 31.1. The van der Waals surface area contributed by atoms with Gasteiger partial charge in [-0.3, -0.25) is 4.72 Å². The van der Waals surface area contributed by atoms with E-state index in [0.29, 0.717) is 0 Å². The van der Waals surface area contributed by atoms with Crippen molar-refractivity contribution in [2.45, 2.75) is 26.9 Å². The summed E-state index contributed by atoms with van der Waals surface area (Å²) in [5.74, 6) is -1.42. The van der Waals surface area contributed by atoms with Gasteiger partial charge in [-0.1, -0.05) is 0 Å². The van der Waals surface area contributed by atoms with Gasteiger partial charge in [0.25, 0.3) is 0 Å². The third kappa shape index (κ3) is 4.21. The van der Waals surface area contributed by atoms with E-state index in [2.05, 4.69) is 4.72 Å². The highest BCUT2D eigenvalue weighted by Gasteiger charge is 2.19. The van der Waals surface area contributed by atoms with Crippen LogP contribution in [0.25, 0.3) is 0 Å². The second-order valence-corrected chi connectivity index (χ2v) is 6.48. The van der Waals surface area contributed by atoms with Gasteiger partial charge >= 0.3 is 5.97 Å². The van der Waals surface area contributed by atoms with Crippen molar-refractivity contribution in [1.82, 2.24) is 0 Å². The molecule has 1 rings (SSSR count). The lowest BCUT2D eigenvalue weighted by Gasteiger charge is -2.15. The summed E-state index contributed by atoms with van der Waals surface area (Å²) in [5.41, 5.74) is 1.61. The van der Waals surface area contributed by atoms with Gasteiger partial charge in [0, 0.05) is 7.11 Å². The lowest BCUT2D eigenvalue weighted by Crippen LogP contribution is -2.26. The molecule has 0 radical (unpaired) electrons. The molecular weight excluding hydrogens is 282 g/mol. The zero-order valence-corrected chi connectivity index (χ0v) is 12.7. The van der Waals surface area contributed by atoms with Crippen LogP contribution in [0.15, 0.2) is 12.1 Å². The summed E-state index contributed by atoms with van der Waals surface area (Å²) in [5, 5.41) is 9.15. The molecule has 0 saturated carbocycles. The maximum absolute atomic E-state index is 12.0. The average molecular weight is 301 g/mol. The van der Waals surface area contributed by atoms with Crippen molar-refractivity contribution in [1.29, 1.82) is 0 Å². The molecule has 20 heavy (non-hydrogen) atoms. The van der Waals surface area contributed by atoms with Gasteiger partial charge in [-0.15, -0.1) is 0 Å². The van der Waals surface area contributed by atoms with E-state index < -0.39 is 22.1 Å². The first-order valence-corrected chi connectivity index (χ1v) is 7.69. The lowest BCUT2D eigenvalue weighted by molar-refractivity contribution is 0.0698. The molecule has 1 aromatic carbocycles. The molecule has 0 aliphatic carbocycles. The fourth-order valence-corrected chi connectivity index (χ4v) is 3.01. The first-order chi connectivity index (χ1) is 9.16. The number of methoxy groups -OCH3 is 1. The molecule has 0 saturated heterocycles. The Morgan fingerprint density at radius 1 is 1.35 bits per heavy atom. The van der Waals surface area contributed by atoms with Crippen LogP contribution in [0.5, 0.6) is 0 Å². The van der Waals surface area contributed by atoms with Gasteiger partial charge in [-0.25, -0.2) is 13.2 Å². The monoisotopic (exact) mass is 301 g/mol. The van der Waals surface area contributed by atoms with E-state index in [4.69, 9.17) is 9.84 Å². The summed E-state index contributed by atoms with van der Waals surface area (Å²) in [4.78, 5) is 11.2. The van der Waals surface area contributed by atoms with Gasteiger partial charge in [0.2, 0.25) is 10.0 Å². The molecular formula is C13H19NO5S. The molecule has 0 heterocycles. The van der Waals surface area contributed by atoms with Crippen LogP contribution in [0.4, 0.5) is 5.69 Å². The number of sulfonamides is 1. The molecule has 7 heteroatoms. The van der Waals surface area contributed by atoms with Gasteiger partial charge < -0.3 is 9.84 Å². The average Bonchev–Trinajstić information content (AvgIpc) is 2.31. The molecule has 0 spiro atoms. The van der Waals surface area contributed by atoms with Crippen LogP contribution >= 0.6 is 0 Å². The SMILES string of the molecule is COC(C)CS(=O)(=O)Nc1cc(C)c(C)cc1C(=O)O. The highest BCUT2D eigenvalue weighted by Crippen LogP contribution is 2.22. The van der Waals surface area contributed by atoms with E-state index in [9.17, 15) is 13.2 Å². The normalized spacial score (nSPS) is 13.0. The first kappa shape index (κ1) is 16.5. The number of carbonyl (C=O) groups is 1. The smallest absolute Gasteiger partial charge is 0.337 e. The molecule has 6 nitrogen and oxygen atoms in total. The third-order valence-corrected chi connectivity index (χ3v) is 4.43. The Labute approximate surface area is 118 Å². The molecule has 0 aliphatic rings. The maximum atomic E-state index is 12.0. The number of aryl methyl sites for hydroxylation is 2. The van der Waals surface area contributed by atoms with Crippen molar-refractivity contribution in [3.05, 3.63) is 28.8 Å². The fourth-order valence-electron chi connectivity index (χ4n) is 1.66. The van der Waals surface area contributed by atoms with Crippen molar-refractivity contribution in [3.8, 4) is 0 Å². The van der Waals surface area contributed by atoms with E-state index in [1.807, 2.05) is 0 Å². The highest BCUT2D eigenvalue weighted by atomic mass is 32.2. The quantitative estimate of drug-likeness (QED) is 0.835. The predicted octanol–water partition coefficient (Wildman–Crippen LogP) is 1.78. The molecule has 112 valence electrons. The standard InChI is InChI=1S/C13H19NO5S/c1-8-5-11(13(15)16)12(6-9(8)2)14-20(17,18)7-10(3)19-4/h5-6,10,14H,7H2,1-4H3,(H,15,16). The van der Waals surface area contributed by atoms with Crippen LogP contribution in [-0.2, 0) is 14.8 Å². The number of aromatic carboxylic acids is 1. The van der Waals surface area contributed by atoms with Crippen LogP contribution in [-0.4, -0.2) is 38.5 Å². The van der Waals surface area contributed by atoms with Crippen molar-refractivity contribution < 1.29 is 23.1 Å². The number of nitrogens with one attached hydrogen (secondary N) is 1. The minimum absolute atomic E-state index is 0.0678. The highest BCUT2D eigenvalue weighted by molar-refractivity contribution is 7.92. The van der Waals surface area contributed by atoms with E-state index in [-0.39, 0.29) is 17.0 Å². The Bertz CT molecular complexity index is 609. The van der Waals surface area contributed by atoms with E-state index >= 15 is 0 Å². The van der Waals surface area contributed by atoms with E-state index in [1.54, 1.807) is 20.8 Å². The van der Waals surface area contributed by atoms with Gasteiger partial charge in [0.1, 0.15) is 0 Å². The first-order valence-electron chi connectivity index (χ1n) is 6.04. The summed E-state index contributed by atoms with van der Waals surface area (Å²) in [6.45, 7) is 5.18. The number of ether oxygens (including phenoxy) is 1. The Hall–Kier alpha value is -1.60. The molecule has 1 aromatic rings. The Kier molecular flexibility index (Phi) is 5.13. The molecule has 1 unspecified atom stereocenters.